The van der Waals surface area contributed by atoms with Crippen LogP contribution in [0.3, 0.4) is 0 Å². The van der Waals surface area contributed by atoms with Crippen LogP contribution in [-0.4, -0.2) is 76.0 Å². The molecule has 0 radical (unpaired) electrons. The van der Waals surface area contributed by atoms with Crippen LogP contribution >= 0.6 is 0 Å². The van der Waals surface area contributed by atoms with Crippen LogP contribution in [0.2, 0.25) is 0 Å². The molecular formula is C25H39F2N5O4. The Labute approximate surface area is 212 Å². The molecule has 4 N–H and O–H groups in total. The van der Waals surface area contributed by atoms with E-state index in [2.05, 4.69) is 21.3 Å². The fourth-order valence-electron chi connectivity index (χ4n) is 3.08. The molecular weight excluding hydrogens is 472 g/mol. The van der Waals surface area contributed by atoms with E-state index in [4.69, 9.17) is 4.74 Å². The molecule has 0 aliphatic carbocycles. The van der Waals surface area contributed by atoms with E-state index >= 15 is 0 Å². The van der Waals surface area contributed by atoms with Crippen LogP contribution < -0.4 is 21.3 Å². The van der Waals surface area contributed by atoms with Gasteiger partial charge < -0.3 is 30.9 Å². The zero-order chi connectivity index (χ0) is 27.4. The van der Waals surface area contributed by atoms with E-state index < -0.39 is 55.2 Å². The minimum atomic E-state index is -1.81. The number of benzene rings is 1. The Morgan fingerprint density at radius 2 is 1.64 bits per heavy atom. The van der Waals surface area contributed by atoms with E-state index in [0.717, 1.165) is 0 Å². The second-order valence-corrected chi connectivity index (χ2v) is 9.82. The quantitative estimate of drug-likeness (QED) is 0.303. The van der Waals surface area contributed by atoms with Gasteiger partial charge in [-0.05, 0) is 47.0 Å². The molecule has 0 aliphatic heterocycles. The molecule has 0 fully saturated rings. The number of nitrogens with zero attached hydrogens (tertiary/aromatic N) is 1. The molecule has 0 heterocycles. The number of carbonyl (C=O) groups is 3. The van der Waals surface area contributed by atoms with Gasteiger partial charge in [0.05, 0.1) is 18.8 Å². The number of alkyl carbamates (subject to hydrolysis) is 1. The van der Waals surface area contributed by atoms with Crippen molar-refractivity contribution in [2.75, 3.05) is 52.9 Å². The minimum absolute atomic E-state index is 0.0556. The van der Waals surface area contributed by atoms with Crippen LogP contribution in [0.15, 0.2) is 41.7 Å². The highest BCUT2D eigenvalue weighted by Gasteiger charge is 2.35. The fraction of sp³-hybridized carbons (Fsp3) is 0.560. The average molecular weight is 512 g/mol. The second kappa shape index (κ2) is 14.4. The highest BCUT2D eigenvalue weighted by molar-refractivity contribution is 6.06. The lowest BCUT2D eigenvalue weighted by molar-refractivity contribution is -0.125. The predicted molar refractivity (Wildman–Crippen MR) is 136 cm³/mol. The number of rotatable bonds is 13. The summed E-state index contributed by atoms with van der Waals surface area (Å²) in [5.74, 6) is -1.36. The molecule has 0 saturated heterocycles. The van der Waals surface area contributed by atoms with E-state index in [9.17, 15) is 23.2 Å². The van der Waals surface area contributed by atoms with Crippen molar-refractivity contribution in [2.24, 2.45) is 5.41 Å². The molecule has 0 bridgehead atoms. The third-order valence-corrected chi connectivity index (χ3v) is 5.04. The van der Waals surface area contributed by atoms with Gasteiger partial charge in [-0.3, -0.25) is 18.4 Å². The number of ether oxygens (including phenoxy) is 1. The summed E-state index contributed by atoms with van der Waals surface area (Å²) < 4.78 is 33.0. The monoisotopic (exact) mass is 511 g/mol. The first-order valence-electron chi connectivity index (χ1n) is 11.7. The van der Waals surface area contributed by atoms with Crippen molar-refractivity contribution < 1.29 is 27.9 Å². The molecule has 0 unspecified atom stereocenters. The molecule has 1 aromatic carbocycles. The Kier molecular flexibility index (Phi) is 12.3. The Balaban J connectivity index is 3.09. The maximum absolute atomic E-state index is 14.0. The van der Waals surface area contributed by atoms with Crippen molar-refractivity contribution in [3.05, 3.63) is 41.7 Å². The molecule has 0 saturated carbocycles. The molecule has 0 atom stereocenters. The van der Waals surface area contributed by atoms with Crippen molar-refractivity contribution in [1.29, 1.82) is 0 Å². The maximum atomic E-state index is 14.0. The first-order valence-corrected chi connectivity index (χ1v) is 11.7. The summed E-state index contributed by atoms with van der Waals surface area (Å²) in [7, 11) is 5.35. The number of para-hydroxylation sites is 1. The van der Waals surface area contributed by atoms with Gasteiger partial charge in [-0.2, -0.15) is 0 Å². The smallest absolute Gasteiger partial charge is 0.407 e. The van der Waals surface area contributed by atoms with Crippen molar-refractivity contribution in [2.45, 2.75) is 39.2 Å². The van der Waals surface area contributed by atoms with Crippen molar-refractivity contribution in [1.82, 2.24) is 20.9 Å². The third kappa shape index (κ3) is 11.0. The number of amides is 3. The average Bonchev–Trinajstić information content (AvgIpc) is 2.80. The van der Waals surface area contributed by atoms with Gasteiger partial charge in [0.25, 0.3) is 5.91 Å². The molecule has 11 heteroatoms. The molecule has 3 amide bonds. The van der Waals surface area contributed by atoms with Gasteiger partial charge in [0, 0.05) is 44.4 Å². The second-order valence-electron chi connectivity index (χ2n) is 9.82. The number of hydrogen-bond acceptors (Lipinski definition) is 6. The molecule has 1 rings (SSSR count). The van der Waals surface area contributed by atoms with Crippen molar-refractivity contribution >= 4 is 23.6 Å². The van der Waals surface area contributed by atoms with Crippen LogP contribution in [-0.2, 0) is 14.3 Å². The normalized spacial score (nSPS) is 12.5. The Bertz CT molecular complexity index is 897. The molecule has 0 spiro atoms. The van der Waals surface area contributed by atoms with Crippen LogP contribution in [0, 0.1) is 5.41 Å². The number of hydrogen-bond donors (Lipinski definition) is 4. The van der Waals surface area contributed by atoms with E-state index in [1.165, 1.54) is 0 Å². The van der Waals surface area contributed by atoms with Gasteiger partial charge in [-0.1, -0.05) is 18.2 Å². The summed E-state index contributed by atoms with van der Waals surface area (Å²) in [4.78, 5) is 39.9. The van der Waals surface area contributed by atoms with Gasteiger partial charge >= 0.3 is 6.09 Å². The van der Waals surface area contributed by atoms with E-state index in [1.54, 1.807) is 58.2 Å². The first-order chi connectivity index (χ1) is 16.8. The lowest BCUT2D eigenvalue weighted by Gasteiger charge is -2.28. The summed E-state index contributed by atoms with van der Waals surface area (Å²) in [6.07, 6.45) is -1.06. The summed E-state index contributed by atoms with van der Waals surface area (Å²) in [5, 5.41) is 10.5. The summed E-state index contributed by atoms with van der Waals surface area (Å²) in [6.45, 7) is 2.66. The lowest BCUT2D eigenvalue weighted by Crippen LogP contribution is -2.46. The number of nitrogens with one attached hydrogen (secondary N) is 4. The summed E-state index contributed by atoms with van der Waals surface area (Å²) in [5.41, 5.74) is -1.70. The third-order valence-electron chi connectivity index (χ3n) is 5.04. The van der Waals surface area contributed by atoms with Crippen molar-refractivity contribution in [3.8, 4) is 0 Å². The number of carbonyl (C=O) groups excluding carboxylic acids is 3. The molecule has 9 nitrogen and oxygen atoms in total. The summed E-state index contributed by atoms with van der Waals surface area (Å²) in [6, 6.07) is 8.67. The van der Waals surface area contributed by atoms with Gasteiger partial charge in [-0.15, -0.1) is 0 Å². The van der Waals surface area contributed by atoms with Crippen molar-refractivity contribution in [3.63, 3.8) is 0 Å². The predicted octanol–water partition coefficient (Wildman–Crippen LogP) is 2.96. The topological polar surface area (TPSA) is 112 Å². The molecule has 0 aromatic heterocycles. The molecule has 36 heavy (non-hydrogen) atoms. The maximum Gasteiger partial charge on any atom is 0.407 e. The van der Waals surface area contributed by atoms with Gasteiger partial charge in [0.1, 0.15) is 11.3 Å². The highest BCUT2D eigenvalue weighted by Crippen LogP contribution is 2.24. The number of anilines is 1. The first kappa shape index (κ1) is 30.8. The Morgan fingerprint density at radius 1 is 1.03 bits per heavy atom. The number of alkyl halides is 2. The van der Waals surface area contributed by atoms with Gasteiger partial charge in [-0.25, -0.2) is 4.79 Å². The lowest BCUT2D eigenvalue weighted by atomic mass is 9.86. The van der Waals surface area contributed by atoms with E-state index in [1.807, 2.05) is 19.0 Å². The largest absolute Gasteiger partial charge is 0.444 e. The van der Waals surface area contributed by atoms with E-state index in [0.29, 0.717) is 24.4 Å². The van der Waals surface area contributed by atoms with Crippen LogP contribution in [0.5, 0.6) is 0 Å². The Morgan fingerprint density at radius 3 is 2.14 bits per heavy atom. The standard InChI is InChI=1S/C25H39F2N5O4/c1-24(2,3)36-23(35)29-17-25(15-26,16-27)14-20(33)31-21(19(28-4)12-13-32(5)6)22(34)30-18-10-8-7-9-11-18/h7-11,28H,12-17H2,1-6H3,(H,29,35)(H,30,34)(H,31,33)/b21-19+. The minimum Gasteiger partial charge on any atom is -0.444 e. The zero-order valence-electron chi connectivity index (χ0n) is 22.0. The van der Waals surface area contributed by atoms with Crippen LogP contribution in [0.4, 0.5) is 19.3 Å². The highest BCUT2D eigenvalue weighted by atomic mass is 19.1. The van der Waals surface area contributed by atoms with Crippen LogP contribution in [0.1, 0.15) is 33.6 Å². The SMILES string of the molecule is CN/C(CCN(C)C)=C(/NC(=O)CC(CF)(CF)CNC(=O)OC(C)(C)C)C(=O)Nc1ccccc1. The number of halogens is 2. The van der Waals surface area contributed by atoms with Gasteiger partial charge in [0.15, 0.2) is 0 Å². The zero-order valence-corrected chi connectivity index (χ0v) is 22.0. The van der Waals surface area contributed by atoms with Crippen LogP contribution in [0.25, 0.3) is 0 Å². The van der Waals surface area contributed by atoms with E-state index in [-0.39, 0.29) is 5.70 Å². The summed E-state index contributed by atoms with van der Waals surface area (Å²) >= 11 is 0. The molecule has 0 aliphatic rings. The molecule has 202 valence electrons. The van der Waals surface area contributed by atoms with Gasteiger partial charge in [0.2, 0.25) is 5.91 Å². The fourth-order valence-corrected chi connectivity index (χ4v) is 3.08. The molecule has 1 aromatic rings. The Hall–Kier alpha value is -3.21.